The van der Waals surface area contributed by atoms with Crippen molar-refractivity contribution in [2.75, 3.05) is 46.3 Å². The Balaban J connectivity index is 0.00000306. The van der Waals surface area contributed by atoms with Gasteiger partial charge in [-0.3, -0.25) is 14.6 Å². The van der Waals surface area contributed by atoms with Crippen LogP contribution in [0.4, 0.5) is 0 Å². The van der Waals surface area contributed by atoms with Gasteiger partial charge in [-0.2, -0.15) is 0 Å². The number of aliphatic imine (C=N–C) groups is 1. The van der Waals surface area contributed by atoms with E-state index in [4.69, 9.17) is 4.42 Å². The average Bonchev–Trinajstić information content (AvgIpc) is 3.40. The first-order valence-electron chi connectivity index (χ1n) is 11.3. The number of likely N-dealkylation sites (tertiary alicyclic amines) is 1. The first kappa shape index (κ1) is 25.1. The highest BCUT2D eigenvalue weighted by atomic mass is 127. The lowest BCUT2D eigenvalue weighted by Gasteiger charge is -2.36. The van der Waals surface area contributed by atoms with E-state index in [9.17, 15) is 9.59 Å². The van der Waals surface area contributed by atoms with Gasteiger partial charge >= 0.3 is 0 Å². The molecule has 178 valence electrons. The molecule has 2 aliphatic heterocycles. The van der Waals surface area contributed by atoms with E-state index in [1.165, 1.54) is 12.7 Å². The Morgan fingerprint density at radius 2 is 1.52 bits per heavy atom. The molecule has 1 aromatic heterocycles. The van der Waals surface area contributed by atoms with Crippen molar-refractivity contribution in [1.82, 2.24) is 20.0 Å². The van der Waals surface area contributed by atoms with Crippen LogP contribution in [0.15, 0.2) is 52.1 Å². The summed E-state index contributed by atoms with van der Waals surface area (Å²) < 4.78 is 5.22. The van der Waals surface area contributed by atoms with E-state index in [1.54, 1.807) is 24.1 Å². The molecule has 2 fully saturated rings. The molecule has 9 heteroatoms. The van der Waals surface area contributed by atoms with Gasteiger partial charge in [0.15, 0.2) is 11.7 Å². The molecule has 2 saturated heterocycles. The fraction of sp³-hybridized carbons (Fsp3) is 0.458. The maximum atomic E-state index is 12.6. The smallest absolute Gasteiger partial charge is 0.289 e. The van der Waals surface area contributed by atoms with E-state index >= 15 is 0 Å². The van der Waals surface area contributed by atoms with Crippen LogP contribution in [0, 0.1) is 0 Å². The van der Waals surface area contributed by atoms with Crippen LogP contribution in [0.3, 0.4) is 0 Å². The normalized spacial score (nSPS) is 16.9. The molecule has 2 amide bonds. The maximum Gasteiger partial charge on any atom is 0.289 e. The Morgan fingerprint density at radius 1 is 0.879 bits per heavy atom. The summed E-state index contributed by atoms with van der Waals surface area (Å²) >= 11 is 0. The lowest BCUT2D eigenvalue weighted by Crippen LogP contribution is -2.53. The number of amides is 2. The Hall–Kier alpha value is -2.56. The number of nitrogens with one attached hydrogen (secondary N) is 1. The third-order valence-electron chi connectivity index (χ3n) is 6.10. The third kappa shape index (κ3) is 6.27. The number of hydrogen-bond donors (Lipinski definition) is 1. The lowest BCUT2D eigenvalue weighted by atomic mass is 10.1. The first-order valence-corrected chi connectivity index (χ1v) is 11.3. The summed E-state index contributed by atoms with van der Waals surface area (Å²) in [6.07, 6.45) is 4.92. The molecule has 0 radical (unpaired) electrons. The average molecular weight is 565 g/mol. The van der Waals surface area contributed by atoms with Crippen molar-refractivity contribution < 1.29 is 14.0 Å². The van der Waals surface area contributed by atoms with Crippen molar-refractivity contribution in [3.8, 4) is 0 Å². The molecule has 0 saturated carbocycles. The van der Waals surface area contributed by atoms with E-state index in [-0.39, 0.29) is 35.8 Å². The van der Waals surface area contributed by atoms with E-state index in [2.05, 4.69) is 15.2 Å². The highest BCUT2D eigenvalue weighted by Crippen LogP contribution is 2.14. The highest BCUT2D eigenvalue weighted by Gasteiger charge is 2.25. The van der Waals surface area contributed by atoms with Gasteiger partial charge in [0.2, 0.25) is 0 Å². The van der Waals surface area contributed by atoms with Crippen molar-refractivity contribution >= 4 is 41.8 Å². The molecule has 8 nitrogen and oxygen atoms in total. The van der Waals surface area contributed by atoms with E-state index in [0.29, 0.717) is 38.5 Å². The summed E-state index contributed by atoms with van der Waals surface area (Å²) in [6.45, 7) is 4.99. The zero-order chi connectivity index (χ0) is 22.3. The number of carbonyl (C=O) groups excluding carboxylic acids is 2. The van der Waals surface area contributed by atoms with Crippen molar-refractivity contribution in [2.24, 2.45) is 4.99 Å². The third-order valence-corrected chi connectivity index (χ3v) is 6.10. The molecule has 3 heterocycles. The monoisotopic (exact) mass is 565 g/mol. The number of nitrogens with zero attached hydrogens (tertiary/aromatic N) is 4. The van der Waals surface area contributed by atoms with Gasteiger partial charge < -0.3 is 24.4 Å². The van der Waals surface area contributed by atoms with Crippen LogP contribution >= 0.6 is 24.0 Å². The van der Waals surface area contributed by atoms with Gasteiger partial charge in [-0.25, -0.2) is 0 Å². The molecule has 0 spiro atoms. The molecule has 2 aromatic rings. The van der Waals surface area contributed by atoms with Gasteiger partial charge in [-0.15, -0.1) is 24.0 Å². The zero-order valence-electron chi connectivity index (χ0n) is 19.0. The molecule has 1 N–H and O–H groups in total. The van der Waals surface area contributed by atoms with Gasteiger partial charge in [0.25, 0.3) is 11.8 Å². The minimum atomic E-state index is -0.0724. The predicted molar refractivity (Wildman–Crippen MR) is 138 cm³/mol. The Morgan fingerprint density at radius 3 is 2.12 bits per heavy atom. The number of piperidine rings is 1. The first-order chi connectivity index (χ1) is 15.7. The summed E-state index contributed by atoms with van der Waals surface area (Å²) in [5.74, 6) is 1.24. The summed E-state index contributed by atoms with van der Waals surface area (Å²) in [4.78, 5) is 35.4. The van der Waals surface area contributed by atoms with Crippen LogP contribution in [-0.2, 0) is 6.54 Å². The fourth-order valence-electron chi connectivity index (χ4n) is 4.24. The number of halogens is 1. The maximum absolute atomic E-state index is 12.6. The Bertz CT molecular complexity index is 932. The van der Waals surface area contributed by atoms with E-state index < -0.39 is 0 Å². The molecule has 0 unspecified atom stereocenters. The quantitative estimate of drug-likeness (QED) is 0.350. The second-order valence-electron chi connectivity index (χ2n) is 8.21. The largest absolute Gasteiger partial charge is 0.459 e. The van der Waals surface area contributed by atoms with Gasteiger partial charge in [0.05, 0.1) is 6.26 Å². The zero-order valence-corrected chi connectivity index (χ0v) is 21.4. The minimum Gasteiger partial charge on any atom is -0.459 e. The van der Waals surface area contributed by atoms with Gasteiger partial charge in [0, 0.05) is 58.4 Å². The minimum absolute atomic E-state index is 0. The molecule has 2 aliphatic rings. The summed E-state index contributed by atoms with van der Waals surface area (Å²) in [5, 5.41) is 3.40. The summed E-state index contributed by atoms with van der Waals surface area (Å²) in [5.41, 5.74) is 1.84. The number of piperazine rings is 1. The fourth-order valence-corrected chi connectivity index (χ4v) is 4.24. The molecular weight excluding hydrogens is 533 g/mol. The Kier molecular flexibility index (Phi) is 9.16. The molecule has 1 aromatic carbocycles. The highest BCUT2D eigenvalue weighted by molar-refractivity contribution is 14.0. The van der Waals surface area contributed by atoms with Gasteiger partial charge in [-0.05, 0) is 49.1 Å². The van der Waals surface area contributed by atoms with Crippen molar-refractivity contribution in [2.45, 2.75) is 25.8 Å². The molecule has 33 heavy (non-hydrogen) atoms. The van der Waals surface area contributed by atoms with Crippen LogP contribution < -0.4 is 5.32 Å². The van der Waals surface area contributed by atoms with E-state index in [1.807, 2.05) is 29.2 Å². The van der Waals surface area contributed by atoms with Gasteiger partial charge in [0.1, 0.15) is 0 Å². The van der Waals surface area contributed by atoms with Crippen LogP contribution in [0.5, 0.6) is 0 Å². The standard InChI is InChI=1S/C24H31N5O3.HI/c1-25-24(29-15-13-28(14-16-29)23(31)21-6-5-17-32-21)26-18-19-7-9-20(10-8-19)22(30)27-11-3-2-4-12-27;/h5-10,17H,2-4,11-16,18H2,1H3,(H,25,26);1H. The summed E-state index contributed by atoms with van der Waals surface area (Å²) in [6, 6.07) is 11.2. The molecule has 0 atom stereocenters. The van der Waals surface area contributed by atoms with Crippen LogP contribution in [0.1, 0.15) is 45.7 Å². The van der Waals surface area contributed by atoms with Crippen LogP contribution in [0.25, 0.3) is 0 Å². The summed E-state index contributed by atoms with van der Waals surface area (Å²) in [7, 11) is 1.77. The van der Waals surface area contributed by atoms with E-state index in [0.717, 1.165) is 43.0 Å². The molecule has 4 rings (SSSR count). The number of benzene rings is 1. The van der Waals surface area contributed by atoms with Crippen molar-refractivity contribution in [3.63, 3.8) is 0 Å². The lowest BCUT2D eigenvalue weighted by molar-refractivity contribution is 0.0657. The molecular formula is C24H32IN5O3. The number of guanidine groups is 1. The number of carbonyl (C=O) groups is 2. The predicted octanol–water partition coefficient (Wildman–Crippen LogP) is 3.06. The SMILES string of the molecule is CN=C(NCc1ccc(C(=O)N2CCCCC2)cc1)N1CCN(C(=O)c2ccco2)CC1.I. The van der Waals surface area contributed by atoms with Crippen molar-refractivity contribution in [3.05, 3.63) is 59.5 Å². The second-order valence-corrected chi connectivity index (χ2v) is 8.21. The van der Waals surface area contributed by atoms with Crippen LogP contribution in [-0.4, -0.2) is 78.8 Å². The molecule has 0 aliphatic carbocycles. The Labute approximate surface area is 212 Å². The number of furan rings is 1. The number of hydrogen-bond acceptors (Lipinski definition) is 4. The molecule has 0 bridgehead atoms. The second kappa shape index (κ2) is 12.1. The number of rotatable bonds is 4. The van der Waals surface area contributed by atoms with Crippen LogP contribution in [0.2, 0.25) is 0 Å². The van der Waals surface area contributed by atoms with Gasteiger partial charge in [-0.1, -0.05) is 12.1 Å². The van der Waals surface area contributed by atoms with Crippen molar-refractivity contribution in [1.29, 1.82) is 0 Å². The topological polar surface area (TPSA) is 81.4 Å².